The van der Waals surface area contributed by atoms with Crippen LogP contribution in [0.25, 0.3) is 0 Å². The van der Waals surface area contributed by atoms with Crippen LogP contribution in [0.5, 0.6) is 5.75 Å². The fourth-order valence-electron chi connectivity index (χ4n) is 2.81. The van der Waals surface area contributed by atoms with Crippen molar-refractivity contribution in [2.45, 2.75) is 26.2 Å². The average Bonchev–Trinajstić information content (AvgIpc) is 2.84. The zero-order valence-corrected chi connectivity index (χ0v) is 12.3. The standard InChI is InChI=1S/C16H24N2O2/c1-12-6-7-13(8-12)10-17-11-16(19)18-14-4-3-5-15(9-14)20-2/h3-5,9,12-13,17H,6-8,10-11H2,1-2H3,(H,18,19). The monoisotopic (exact) mass is 276 g/mol. The van der Waals surface area contributed by atoms with Crippen molar-refractivity contribution in [3.05, 3.63) is 24.3 Å². The molecule has 0 heterocycles. The first kappa shape index (κ1) is 14.9. The highest BCUT2D eigenvalue weighted by atomic mass is 16.5. The van der Waals surface area contributed by atoms with Crippen LogP contribution in [0, 0.1) is 11.8 Å². The molecule has 0 radical (unpaired) electrons. The Balaban J connectivity index is 1.69. The van der Waals surface area contributed by atoms with Crippen LogP contribution in [0.3, 0.4) is 0 Å². The molecule has 1 aliphatic rings. The van der Waals surface area contributed by atoms with Gasteiger partial charge in [0.2, 0.25) is 5.91 Å². The van der Waals surface area contributed by atoms with E-state index in [-0.39, 0.29) is 5.91 Å². The Hall–Kier alpha value is -1.55. The van der Waals surface area contributed by atoms with Gasteiger partial charge in [0, 0.05) is 11.8 Å². The van der Waals surface area contributed by atoms with E-state index in [1.165, 1.54) is 19.3 Å². The van der Waals surface area contributed by atoms with Crippen LogP contribution in [0.2, 0.25) is 0 Å². The molecule has 0 saturated heterocycles. The van der Waals surface area contributed by atoms with E-state index < -0.39 is 0 Å². The lowest BCUT2D eigenvalue weighted by Crippen LogP contribution is -2.31. The summed E-state index contributed by atoms with van der Waals surface area (Å²) in [5.41, 5.74) is 0.769. The Morgan fingerprint density at radius 1 is 1.40 bits per heavy atom. The van der Waals surface area contributed by atoms with Crippen LogP contribution < -0.4 is 15.4 Å². The number of nitrogens with one attached hydrogen (secondary N) is 2. The molecule has 4 heteroatoms. The molecule has 4 nitrogen and oxygen atoms in total. The number of amides is 1. The minimum Gasteiger partial charge on any atom is -0.497 e. The molecule has 0 spiro atoms. The van der Waals surface area contributed by atoms with Crippen molar-refractivity contribution in [1.82, 2.24) is 5.32 Å². The summed E-state index contributed by atoms with van der Waals surface area (Å²) in [4.78, 5) is 11.8. The largest absolute Gasteiger partial charge is 0.497 e. The zero-order valence-electron chi connectivity index (χ0n) is 12.3. The highest BCUT2D eigenvalue weighted by molar-refractivity contribution is 5.92. The minimum absolute atomic E-state index is 0.00991. The molecule has 1 fully saturated rings. The topological polar surface area (TPSA) is 50.4 Å². The summed E-state index contributed by atoms with van der Waals surface area (Å²) in [7, 11) is 1.62. The van der Waals surface area contributed by atoms with Crippen LogP contribution in [0.15, 0.2) is 24.3 Å². The molecule has 1 aromatic rings. The van der Waals surface area contributed by atoms with E-state index in [1.54, 1.807) is 7.11 Å². The van der Waals surface area contributed by atoms with Gasteiger partial charge in [-0.05, 0) is 43.4 Å². The average molecular weight is 276 g/mol. The predicted molar refractivity (Wildman–Crippen MR) is 81.0 cm³/mol. The van der Waals surface area contributed by atoms with Gasteiger partial charge in [0.1, 0.15) is 5.75 Å². The van der Waals surface area contributed by atoms with Crippen molar-refractivity contribution in [3.8, 4) is 5.75 Å². The van der Waals surface area contributed by atoms with E-state index in [0.717, 1.165) is 29.8 Å². The maximum Gasteiger partial charge on any atom is 0.238 e. The fourth-order valence-corrected chi connectivity index (χ4v) is 2.81. The van der Waals surface area contributed by atoms with Gasteiger partial charge in [-0.3, -0.25) is 4.79 Å². The number of ether oxygens (including phenoxy) is 1. The van der Waals surface area contributed by atoms with Crippen molar-refractivity contribution < 1.29 is 9.53 Å². The van der Waals surface area contributed by atoms with Crippen LogP contribution >= 0.6 is 0 Å². The van der Waals surface area contributed by atoms with Gasteiger partial charge in [-0.25, -0.2) is 0 Å². The van der Waals surface area contributed by atoms with Gasteiger partial charge in [0.05, 0.1) is 13.7 Å². The summed E-state index contributed by atoms with van der Waals surface area (Å²) in [5, 5.41) is 6.12. The van der Waals surface area contributed by atoms with Crippen LogP contribution in [-0.4, -0.2) is 26.1 Å². The van der Waals surface area contributed by atoms with Crippen molar-refractivity contribution in [2.75, 3.05) is 25.5 Å². The molecule has 1 saturated carbocycles. The van der Waals surface area contributed by atoms with Crippen LogP contribution in [0.4, 0.5) is 5.69 Å². The fraction of sp³-hybridized carbons (Fsp3) is 0.562. The highest BCUT2D eigenvalue weighted by Gasteiger charge is 2.20. The Bertz CT molecular complexity index is 448. The number of anilines is 1. The van der Waals surface area contributed by atoms with Gasteiger partial charge in [-0.1, -0.05) is 19.4 Å². The van der Waals surface area contributed by atoms with Gasteiger partial charge in [0.25, 0.3) is 0 Å². The lowest BCUT2D eigenvalue weighted by molar-refractivity contribution is -0.115. The first-order valence-corrected chi connectivity index (χ1v) is 7.32. The normalized spacial score (nSPS) is 21.7. The van der Waals surface area contributed by atoms with Crippen molar-refractivity contribution in [2.24, 2.45) is 11.8 Å². The third-order valence-electron chi connectivity index (χ3n) is 3.88. The van der Waals surface area contributed by atoms with E-state index in [0.29, 0.717) is 6.54 Å². The second-order valence-electron chi connectivity index (χ2n) is 5.70. The smallest absolute Gasteiger partial charge is 0.238 e. The summed E-state index contributed by atoms with van der Waals surface area (Å²) >= 11 is 0. The molecule has 0 aliphatic heterocycles. The van der Waals surface area contributed by atoms with Crippen molar-refractivity contribution >= 4 is 11.6 Å². The summed E-state index contributed by atoms with van der Waals surface area (Å²) in [6.45, 7) is 3.60. The molecular formula is C16H24N2O2. The molecule has 0 bridgehead atoms. The molecule has 1 amide bonds. The highest BCUT2D eigenvalue weighted by Crippen LogP contribution is 2.29. The van der Waals surface area contributed by atoms with E-state index in [9.17, 15) is 4.79 Å². The quantitative estimate of drug-likeness (QED) is 0.840. The van der Waals surface area contributed by atoms with Crippen LogP contribution in [0.1, 0.15) is 26.2 Å². The number of hydrogen-bond acceptors (Lipinski definition) is 3. The van der Waals surface area contributed by atoms with E-state index in [1.807, 2.05) is 24.3 Å². The third kappa shape index (κ3) is 4.53. The molecule has 2 unspecified atom stereocenters. The number of carbonyl (C=O) groups is 1. The summed E-state index contributed by atoms with van der Waals surface area (Å²) < 4.78 is 5.13. The minimum atomic E-state index is -0.00991. The second-order valence-corrected chi connectivity index (χ2v) is 5.70. The Labute approximate surface area is 120 Å². The second kappa shape index (κ2) is 7.29. The van der Waals surface area contributed by atoms with Gasteiger partial charge in [-0.15, -0.1) is 0 Å². The van der Waals surface area contributed by atoms with Gasteiger partial charge in [-0.2, -0.15) is 0 Å². The third-order valence-corrected chi connectivity index (χ3v) is 3.88. The van der Waals surface area contributed by atoms with Crippen LogP contribution in [-0.2, 0) is 4.79 Å². The summed E-state index contributed by atoms with van der Waals surface area (Å²) in [5.74, 6) is 2.31. The maximum atomic E-state index is 11.8. The van der Waals surface area contributed by atoms with Crippen molar-refractivity contribution in [1.29, 1.82) is 0 Å². The first-order chi connectivity index (χ1) is 9.67. The Morgan fingerprint density at radius 2 is 2.25 bits per heavy atom. The molecule has 0 aromatic heterocycles. The van der Waals surface area contributed by atoms with E-state index in [2.05, 4.69) is 17.6 Å². The summed E-state index contributed by atoms with van der Waals surface area (Å²) in [6.07, 6.45) is 3.89. The number of hydrogen-bond donors (Lipinski definition) is 2. The molecule has 1 aliphatic carbocycles. The Kier molecular flexibility index (Phi) is 5.41. The van der Waals surface area contributed by atoms with E-state index >= 15 is 0 Å². The van der Waals surface area contributed by atoms with Gasteiger partial charge >= 0.3 is 0 Å². The number of methoxy groups -OCH3 is 1. The number of carbonyl (C=O) groups excluding carboxylic acids is 1. The van der Waals surface area contributed by atoms with Gasteiger partial charge < -0.3 is 15.4 Å². The summed E-state index contributed by atoms with van der Waals surface area (Å²) in [6, 6.07) is 7.40. The first-order valence-electron chi connectivity index (χ1n) is 7.32. The van der Waals surface area contributed by atoms with Crippen molar-refractivity contribution in [3.63, 3.8) is 0 Å². The molecule has 2 N–H and O–H groups in total. The lowest BCUT2D eigenvalue weighted by Gasteiger charge is -2.11. The Morgan fingerprint density at radius 3 is 2.95 bits per heavy atom. The lowest BCUT2D eigenvalue weighted by atomic mass is 10.1. The number of benzene rings is 1. The predicted octanol–water partition coefficient (Wildman–Crippen LogP) is 2.66. The molecule has 1 aromatic carbocycles. The molecule has 20 heavy (non-hydrogen) atoms. The SMILES string of the molecule is COc1cccc(NC(=O)CNCC2CCC(C)C2)c1. The molecular weight excluding hydrogens is 252 g/mol. The zero-order chi connectivity index (χ0) is 14.4. The maximum absolute atomic E-state index is 11.8. The molecule has 2 atom stereocenters. The molecule has 110 valence electrons. The molecule has 2 rings (SSSR count). The number of rotatable bonds is 6. The van der Waals surface area contributed by atoms with Gasteiger partial charge in [0.15, 0.2) is 0 Å². The van der Waals surface area contributed by atoms with E-state index in [4.69, 9.17) is 4.74 Å².